The van der Waals surface area contributed by atoms with E-state index in [1.54, 1.807) is 6.08 Å². The average molecular weight is 790 g/mol. The number of allylic oxidation sites excluding steroid dienone is 1. The number of aliphatic hydroxyl groups excluding tert-OH is 2. The maximum Gasteiger partial charge on any atom is 0.220 e. The summed E-state index contributed by atoms with van der Waals surface area (Å²) in [6.45, 7) is 4.34. The van der Waals surface area contributed by atoms with Crippen LogP contribution in [-0.4, -0.2) is 34.9 Å². The predicted molar refractivity (Wildman–Crippen MR) is 249 cm³/mol. The highest BCUT2D eigenvalue weighted by Crippen LogP contribution is 2.17. The lowest BCUT2D eigenvalue weighted by Gasteiger charge is -2.20. The van der Waals surface area contributed by atoms with Gasteiger partial charge in [-0.1, -0.05) is 283 Å². The molecule has 0 aromatic heterocycles. The van der Waals surface area contributed by atoms with Gasteiger partial charge < -0.3 is 15.5 Å². The van der Waals surface area contributed by atoms with Gasteiger partial charge in [-0.25, -0.2) is 0 Å². The van der Waals surface area contributed by atoms with Gasteiger partial charge in [0, 0.05) is 6.42 Å². The highest BCUT2D eigenvalue weighted by Gasteiger charge is 2.18. The Morgan fingerprint density at radius 3 is 0.929 bits per heavy atom. The summed E-state index contributed by atoms with van der Waals surface area (Å²) in [4.78, 5) is 12.4. The van der Waals surface area contributed by atoms with Gasteiger partial charge in [-0.05, 0) is 19.3 Å². The number of rotatable bonds is 48. The number of hydrogen-bond donors (Lipinski definition) is 3. The molecule has 2 atom stereocenters. The van der Waals surface area contributed by atoms with Crippen LogP contribution in [0.4, 0.5) is 0 Å². The van der Waals surface area contributed by atoms with Gasteiger partial charge >= 0.3 is 0 Å². The number of carbonyl (C=O) groups is 1. The Morgan fingerprint density at radius 2 is 0.661 bits per heavy atom. The van der Waals surface area contributed by atoms with Crippen molar-refractivity contribution in [3.05, 3.63) is 12.2 Å². The highest BCUT2D eigenvalue weighted by atomic mass is 16.3. The number of aliphatic hydroxyl groups is 2. The largest absolute Gasteiger partial charge is 0.394 e. The molecule has 0 aliphatic carbocycles. The number of carbonyl (C=O) groups excluding carboxylic acids is 1. The van der Waals surface area contributed by atoms with Gasteiger partial charge in [-0.15, -0.1) is 0 Å². The molecular weight excluding hydrogens is 687 g/mol. The molecule has 0 bridgehead atoms. The Kier molecular flexibility index (Phi) is 47.7. The van der Waals surface area contributed by atoms with Gasteiger partial charge in [-0.2, -0.15) is 0 Å². The van der Waals surface area contributed by atoms with Crippen molar-refractivity contribution in [2.75, 3.05) is 6.61 Å². The summed E-state index contributed by atoms with van der Waals surface area (Å²) >= 11 is 0. The summed E-state index contributed by atoms with van der Waals surface area (Å²) in [6.07, 6.45) is 62.1. The molecule has 0 saturated carbocycles. The van der Waals surface area contributed by atoms with Crippen LogP contribution in [0.3, 0.4) is 0 Å². The molecular formula is C52H103NO3. The zero-order valence-electron chi connectivity index (χ0n) is 38.4. The molecule has 0 aromatic rings. The molecule has 4 nitrogen and oxygen atoms in total. The Bertz CT molecular complexity index is 769. The van der Waals surface area contributed by atoms with Crippen LogP contribution >= 0.6 is 0 Å². The van der Waals surface area contributed by atoms with Gasteiger partial charge in [0.2, 0.25) is 5.91 Å². The van der Waals surface area contributed by atoms with Crippen molar-refractivity contribution in [2.24, 2.45) is 0 Å². The molecule has 0 saturated heterocycles. The molecule has 0 aliphatic heterocycles. The van der Waals surface area contributed by atoms with E-state index in [0.29, 0.717) is 6.42 Å². The second-order valence-corrected chi connectivity index (χ2v) is 18.0. The first-order chi connectivity index (χ1) is 27.7. The lowest BCUT2D eigenvalue weighted by Crippen LogP contribution is -2.45. The number of nitrogens with one attached hydrogen (secondary N) is 1. The highest BCUT2D eigenvalue weighted by molar-refractivity contribution is 5.76. The van der Waals surface area contributed by atoms with Crippen LogP contribution in [0.25, 0.3) is 0 Å². The third kappa shape index (κ3) is 44.2. The van der Waals surface area contributed by atoms with Crippen LogP contribution in [0.5, 0.6) is 0 Å². The van der Waals surface area contributed by atoms with E-state index in [2.05, 4.69) is 19.2 Å². The quantitative estimate of drug-likeness (QED) is 0.0425. The van der Waals surface area contributed by atoms with E-state index >= 15 is 0 Å². The zero-order valence-corrected chi connectivity index (χ0v) is 38.4. The summed E-state index contributed by atoms with van der Waals surface area (Å²) in [5, 5.41) is 23.1. The van der Waals surface area contributed by atoms with Crippen LogP contribution in [0.1, 0.15) is 296 Å². The topological polar surface area (TPSA) is 69.6 Å². The van der Waals surface area contributed by atoms with E-state index in [-0.39, 0.29) is 12.5 Å². The molecule has 0 aromatic carbocycles. The fourth-order valence-electron chi connectivity index (χ4n) is 8.30. The minimum Gasteiger partial charge on any atom is -0.394 e. The summed E-state index contributed by atoms with van der Waals surface area (Å²) in [5.41, 5.74) is 0. The first-order valence-corrected chi connectivity index (χ1v) is 25.9. The van der Waals surface area contributed by atoms with Crippen molar-refractivity contribution < 1.29 is 15.0 Å². The summed E-state index contributed by atoms with van der Waals surface area (Å²) in [5.74, 6) is -0.0571. The molecule has 4 heteroatoms. The molecule has 0 radical (unpaired) electrons. The lowest BCUT2D eigenvalue weighted by molar-refractivity contribution is -0.123. The van der Waals surface area contributed by atoms with Gasteiger partial charge in [0.1, 0.15) is 0 Å². The Morgan fingerprint density at radius 1 is 0.411 bits per heavy atom. The van der Waals surface area contributed by atoms with Crippen molar-refractivity contribution in [3.63, 3.8) is 0 Å². The molecule has 2 unspecified atom stereocenters. The van der Waals surface area contributed by atoms with Crippen LogP contribution in [-0.2, 0) is 4.79 Å². The third-order valence-electron chi connectivity index (χ3n) is 12.3. The fourth-order valence-corrected chi connectivity index (χ4v) is 8.30. The Hall–Kier alpha value is -0.870. The molecule has 0 rings (SSSR count). The molecule has 0 fully saturated rings. The van der Waals surface area contributed by atoms with E-state index < -0.39 is 12.1 Å². The minimum atomic E-state index is -0.834. The molecule has 1 amide bonds. The monoisotopic (exact) mass is 790 g/mol. The number of unbranched alkanes of at least 4 members (excludes halogenated alkanes) is 41. The van der Waals surface area contributed by atoms with Crippen molar-refractivity contribution >= 4 is 5.91 Å². The van der Waals surface area contributed by atoms with Crippen LogP contribution in [0.2, 0.25) is 0 Å². The fraction of sp³-hybridized carbons (Fsp3) is 0.942. The standard InChI is InChI=1S/C52H103NO3/c1-3-5-7-9-11-13-15-17-19-21-22-23-24-25-26-27-28-29-30-31-32-34-36-38-40-42-44-46-48-52(56)53-50(49-54)51(55)47-45-43-41-39-37-35-33-20-18-16-14-12-10-8-6-4-2/h45,47,50-51,54-55H,3-44,46,48-49H2,1-2H3,(H,53,56)/b47-45+. The number of amides is 1. The minimum absolute atomic E-state index is 0.0571. The van der Waals surface area contributed by atoms with Crippen LogP contribution in [0.15, 0.2) is 12.2 Å². The molecule has 0 heterocycles. The SMILES string of the molecule is CCCCCCCCCCCCCCCC/C=C/C(O)C(CO)NC(=O)CCCCCCCCCCCCCCCCCCCCCCCCCCCCCC. The first kappa shape index (κ1) is 55.1. The Labute approximate surface area is 352 Å². The van der Waals surface area contributed by atoms with E-state index in [0.717, 1.165) is 25.7 Å². The van der Waals surface area contributed by atoms with Gasteiger partial charge in [0.05, 0.1) is 18.8 Å². The smallest absolute Gasteiger partial charge is 0.220 e. The summed E-state index contributed by atoms with van der Waals surface area (Å²) in [6, 6.07) is -0.617. The maximum atomic E-state index is 12.4. The van der Waals surface area contributed by atoms with Crippen molar-refractivity contribution in [3.8, 4) is 0 Å². The van der Waals surface area contributed by atoms with Crippen molar-refractivity contribution in [2.45, 2.75) is 309 Å². The van der Waals surface area contributed by atoms with Crippen molar-refractivity contribution in [1.82, 2.24) is 5.32 Å². The van der Waals surface area contributed by atoms with E-state index in [4.69, 9.17) is 0 Å². The van der Waals surface area contributed by atoms with E-state index in [9.17, 15) is 15.0 Å². The molecule has 0 aliphatic rings. The molecule has 3 N–H and O–H groups in total. The van der Waals surface area contributed by atoms with Gasteiger partial charge in [0.15, 0.2) is 0 Å². The van der Waals surface area contributed by atoms with Gasteiger partial charge in [-0.3, -0.25) is 4.79 Å². The lowest BCUT2D eigenvalue weighted by atomic mass is 10.0. The summed E-state index contributed by atoms with van der Waals surface area (Å²) in [7, 11) is 0. The van der Waals surface area contributed by atoms with Crippen LogP contribution < -0.4 is 5.32 Å². The molecule has 56 heavy (non-hydrogen) atoms. The number of hydrogen-bond acceptors (Lipinski definition) is 3. The average Bonchev–Trinajstić information content (AvgIpc) is 3.20. The van der Waals surface area contributed by atoms with E-state index in [1.165, 1.54) is 250 Å². The third-order valence-corrected chi connectivity index (χ3v) is 12.3. The van der Waals surface area contributed by atoms with E-state index in [1.807, 2.05) is 6.08 Å². The van der Waals surface area contributed by atoms with Gasteiger partial charge in [0.25, 0.3) is 0 Å². The first-order valence-electron chi connectivity index (χ1n) is 25.9. The predicted octanol–water partition coefficient (Wildman–Crippen LogP) is 16.6. The normalized spacial score (nSPS) is 12.9. The Balaban J connectivity index is 3.43. The van der Waals surface area contributed by atoms with Crippen molar-refractivity contribution in [1.29, 1.82) is 0 Å². The molecule has 0 spiro atoms. The second kappa shape index (κ2) is 48.5. The maximum absolute atomic E-state index is 12.4. The summed E-state index contributed by atoms with van der Waals surface area (Å²) < 4.78 is 0. The second-order valence-electron chi connectivity index (χ2n) is 18.0. The molecule has 334 valence electrons. The zero-order chi connectivity index (χ0) is 40.7. The van der Waals surface area contributed by atoms with Crippen LogP contribution in [0, 0.1) is 0 Å².